The molecule has 0 aromatic rings. The number of piperazine rings is 1. The van der Waals surface area contributed by atoms with Gasteiger partial charge in [0.15, 0.2) is 0 Å². The van der Waals surface area contributed by atoms with E-state index in [-0.39, 0.29) is 24.4 Å². The van der Waals surface area contributed by atoms with Crippen LogP contribution in [0.5, 0.6) is 0 Å². The van der Waals surface area contributed by atoms with Crippen LogP contribution in [0.1, 0.15) is 33.1 Å². The fourth-order valence-corrected chi connectivity index (χ4v) is 2.01. The van der Waals surface area contributed by atoms with E-state index in [9.17, 15) is 14.4 Å². The van der Waals surface area contributed by atoms with E-state index in [4.69, 9.17) is 9.47 Å². The van der Waals surface area contributed by atoms with Gasteiger partial charge in [-0.3, -0.25) is 9.59 Å². The Balaban J connectivity index is 2.22. The van der Waals surface area contributed by atoms with Gasteiger partial charge in [-0.1, -0.05) is 13.3 Å². The number of unbranched alkanes of at least 4 members (excludes halogenated alkanes) is 1. The third-order valence-electron chi connectivity index (χ3n) is 3.32. The molecule has 1 aliphatic rings. The van der Waals surface area contributed by atoms with Gasteiger partial charge >= 0.3 is 12.1 Å². The van der Waals surface area contributed by atoms with Crippen molar-refractivity contribution in [3.05, 3.63) is 6.42 Å². The molecule has 0 bridgehead atoms. The second-order valence-corrected chi connectivity index (χ2v) is 4.99. The molecular weight excluding hydrogens is 288 g/mol. The molecule has 0 atom stereocenters. The van der Waals surface area contributed by atoms with E-state index >= 15 is 0 Å². The molecule has 125 valence electrons. The van der Waals surface area contributed by atoms with Crippen LogP contribution >= 0.6 is 0 Å². The Labute approximate surface area is 131 Å². The summed E-state index contributed by atoms with van der Waals surface area (Å²) in [5.74, 6) is -0.581. The number of hydrogen-bond acceptors (Lipinski definition) is 5. The van der Waals surface area contributed by atoms with Crippen LogP contribution in [0.25, 0.3) is 0 Å². The first-order valence-corrected chi connectivity index (χ1v) is 7.77. The van der Waals surface area contributed by atoms with Gasteiger partial charge < -0.3 is 19.3 Å². The quantitative estimate of drug-likeness (QED) is 0.522. The maximum Gasteiger partial charge on any atom is 0.409 e. The van der Waals surface area contributed by atoms with E-state index in [1.807, 2.05) is 6.92 Å². The summed E-state index contributed by atoms with van der Waals surface area (Å²) < 4.78 is 9.90. The van der Waals surface area contributed by atoms with Crippen LogP contribution < -0.4 is 0 Å². The lowest BCUT2D eigenvalue weighted by molar-refractivity contribution is -0.144. The molecule has 7 nitrogen and oxygen atoms in total. The number of carbonyl (C=O) groups is 3. The molecule has 1 fully saturated rings. The van der Waals surface area contributed by atoms with Crippen LogP contribution in [0.4, 0.5) is 4.79 Å². The van der Waals surface area contributed by atoms with Crippen molar-refractivity contribution in [2.75, 3.05) is 39.4 Å². The first-order chi connectivity index (χ1) is 10.6. The number of rotatable bonds is 7. The standard InChI is InChI=1S/C15H25N2O5/c1-3-5-12-22-14(19)7-6-13(18)16-8-10-17(11-9-16)15(20)21-4-2/h6H,3-5,7-12H2,1-2H3. The van der Waals surface area contributed by atoms with Crippen molar-refractivity contribution in [3.8, 4) is 0 Å². The fourth-order valence-electron chi connectivity index (χ4n) is 2.01. The molecule has 0 N–H and O–H groups in total. The Morgan fingerprint density at radius 1 is 1.00 bits per heavy atom. The number of nitrogens with zero attached hydrogens (tertiary/aromatic N) is 2. The molecule has 0 aromatic heterocycles. The van der Waals surface area contributed by atoms with Crippen LogP contribution in [0.15, 0.2) is 0 Å². The number of carbonyl (C=O) groups excluding carboxylic acids is 3. The van der Waals surface area contributed by atoms with Gasteiger partial charge in [-0.25, -0.2) is 4.79 Å². The molecule has 0 saturated carbocycles. The lowest BCUT2D eigenvalue weighted by atomic mass is 10.2. The van der Waals surface area contributed by atoms with E-state index in [1.54, 1.807) is 16.7 Å². The number of ether oxygens (including phenoxy) is 2. The van der Waals surface area contributed by atoms with Gasteiger partial charge in [0.05, 0.1) is 26.1 Å². The highest BCUT2D eigenvalue weighted by atomic mass is 16.6. The molecule has 1 aliphatic heterocycles. The first-order valence-electron chi connectivity index (χ1n) is 7.77. The molecule has 1 rings (SSSR count). The molecule has 7 heteroatoms. The van der Waals surface area contributed by atoms with E-state index in [0.29, 0.717) is 39.4 Å². The molecule has 0 aromatic carbocycles. The minimum atomic E-state index is -0.382. The third-order valence-corrected chi connectivity index (χ3v) is 3.32. The van der Waals surface area contributed by atoms with Crippen molar-refractivity contribution in [1.82, 2.24) is 9.80 Å². The summed E-state index contributed by atoms with van der Waals surface area (Å²) >= 11 is 0. The van der Waals surface area contributed by atoms with E-state index in [1.165, 1.54) is 6.42 Å². The summed E-state index contributed by atoms with van der Waals surface area (Å²) in [4.78, 5) is 38.1. The number of hydrogen-bond donors (Lipinski definition) is 0. The lowest BCUT2D eigenvalue weighted by Crippen LogP contribution is -2.50. The summed E-state index contributed by atoms with van der Waals surface area (Å²) in [5.41, 5.74) is 0. The average molecular weight is 313 g/mol. The van der Waals surface area contributed by atoms with Gasteiger partial charge in [0.1, 0.15) is 0 Å². The fraction of sp³-hybridized carbons (Fsp3) is 0.733. The Bertz CT molecular complexity index is 378. The summed E-state index contributed by atoms with van der Waals surface area (Å²) in [6.45, 7) is 6.28. The van der Waals surface area contributed by atoms with Gasteiger partial charge in [-0.05, 0) is 13.3 Å². The van der Waals surface area contributed by atoms with Gasteiger partial charge in [0, 0.05) is 26.2 Å². The topological polar surface area (TPSA) is 76.2 Å². The third kappa shape index (κ3) is 6.32. The van der Waals surface area contributed by atoms with E-state index in [0.717, 1.165) is 12.8 Å². The van der Waals surface area contributed by atoms with Gasteiger partial charge in [0.2, 0.25) is 5.91 Å². The summed E-state index contributed by atoms with van der Waals surface area (Å²) in [7, 11) is 0. The maximum atomic E-state index is 12.0. The van der Waals surface area contributed by atoms with E-state index < -0.39 is 0 Å². The van der Waals surface area contributed by atoms with Gasteiger partial charge in [-0.15, -0.1) is 0 Å². The Morgan fingerprint density at radius 3 is 2.23 bits per heavy atom. The molecule has 0 spiro atoms. The zero-order chi connectivity index (χ0) is 16.4. The largest absolute Gasteiger partial charge is 0.466 e. The summed E-state index contributed by atoms with van der Waals surface area (Å²) in [6.07, 6.45) is 2.77. The average Bonchev–Trinajstić information content (AvgIpc) is 2.53. The van der Waals surface area contributed by atoms with Gasteiger partial charge in [-0.2, -0.15) is 0 Å². The molecule has 1 saturated heterocycles. The Kier molecular flexibility index (Phi) is 8.32. The van der Waals surface area contributed by atoms with Crippen molar-refractivity contribution < 1.29 is 23.9 Å². The highest BCUT2D eigenvalue weighted by molar-refractivity contribution is 5.89. The predicted molar refractivity (Wildman–Crippen MR) is 80.0 cm³/mol. The van der Waals surface area contributed by atoms with Crippen LogP contribution in [0, 0.1) is 6.42 Å². The molecular formula is C15H25N2O5. The smallest absolute Gasteiger partial charge is 0.409 e. The highest BCUT2D eigenvalue weighted by Crippen LogP contribution is 2.07. The van der Waals surface area contributed by atoms with Crippen molar-refractivity contribution in [2.45, 2.75) is 33.1 Å². The zero-order valence-electron chi connectivity index (χ0n) is 13.4. The highest BCUT2D eigenvalue weighted by Gasteiger charge is 2.25. The molecule has 0 aliphatic carbocycles. The summed E-state index contributed by atoms with van der Waals surface area (Å²) in [5, 5.41) is 0. The second kappa shape index (κ2) is 10.0. The Morgan fingerprint density at radius 2 is 1.64 bits per heavy atom. The minimum Gasteiger partial charge on any atom is -0.466 e. The number of amides is 2. The van der Waals surface area contributed by atoms with Crippen LogP contribution in [0.3, 0.4) is 0 Å². The molecule has 22 heavy (non-hydrogen) atoms. The van der Waals surface area contributed by atoms with Crippen LogP contribution in [-0.2, 0) is 19.1 Å². The minimum absolute atomic E-state index is 0.0133. The molecule has 0 unspecified atom stereocenters. The van der Waals surface area contributed by atoms with Crippen molar-refractivity contribution >= 4 is 18.0 Å². The SMILES string of the molecule is CCCCOC(=O)C[CH]C(=O)N1CCN(C(=O)OCC)CC1. The monoisotopic (exact) mass is 313 g/mol. The van der Waals surface area contributed by atoms with Crippen molar-refractivity contribution in [3.63, 3.8) is 0 Å². The predicted octanol–water partition coefficient (Wildman–Crippen LogP) is 1.22. The number of esters is 1. The summed E-state index contributed by atoms with van der Waals surface area (Å²) in [6, 6.07) is 0. The lowest BCUT2D eigenvalue weighted by Gasteiger charge is -2.34. The van der Waals surface area contributed by atoms with Crippen molar-refractivity contribution in [1.29, 1.82) is 0 Å². The van der Waals surface area contributed by atoms with Crippen LogP contribution in [-0.4, -0.2) is 67.2 Å². The molecule has 2 amide bonds. The van der Waals surface area contributed by atoms with E-state index in [2.05, 4.69) is 0 Å². The first kappa shape index (κ1) is 18.3. The zero-order valence-corrected chi connectivity index (χ0v) is 13.4. The van der Waals surface area contributed by atoms with Gasteiger partial charge in [0.25, 0.3) is 0 Å². The Hall–Kier alpha value is -1.79. The molecule has 1 heterocycles. The normalized spacial score (nSPS) is 14.6. The van der Waals surface area contributed by atoms with Crippen LogP contribution in [0.2, 0.25) is 0 Å². The second-order valence-electron chi connectivity index (χ2n) is 4.99. The molecule has 1 radical (unpaired) electrons. The maximum absolute atomic E-state index is 12.0. The van der Waals surface area contributed by atoms with Crippen molar-refractivity contribution in [2.24, 2.45) is 0 Å².